The van der Waals surface area contributed by atoms with Crippen LogP contribution in [-0.2, 0) is 4.74 Å². The Bertz CT molecular complexity index is 371. The van der Waals surface area contributed by atoms with Gasteiger partial charge in [0.1, 0.15) is 5.60 Å². The van der Waals surface area contributed by atoms with Crippen LogP contribution in [-0.4, -0.2) is 52.1 Å². The molecular formula is C15H27NO4. The highest BCUT2D eigenvalue weighted by Gasteiger charge is 2.55. The smallest absolute Gasteiger partial charge is 0.410 e. The number of ether oxygens (including phenoxy) is 1. The number of hydrogen-bond acceptors (Lipinski definition) is 4. The number of likely N-dealkylation sites (tertiary alicyclic amines) is 1. The molecular weight excluding hydrogens is 258 g/mol. The average molecular weight is 285 g/mol. The molecule has 1 aliphatic carbocycles. The van der Waals surface area contributed by atoms with Crippen molar-refractivity contribution in [1.29, 1.82) is 0 Å². The predicted octanol–water partition coefficient (Wildman–Crippen LogP) is 1.91. The molecule has 0 spiro atoms. The molecule has 1 saturated carbocycles. The van der Waals surface area contributed by atoms with Crippen LogP contribution in [0.25, 0.3) is 0 Å². The van der Waals surface area contributed by atoms with Crippen LogP contribution >= 0.6 is 0 Å². The Labute approximate surface area is 120 Å². The average Bonchev–Trinajstić information content (AvgIpc) is 2.94. The summed E-state index contributed by atoms with van der Waals surface area (Å²) in [6.45, 7) is 6.36. The van der Waals surface area contributed by atoms with E-state index in [4.69, 9.17) is 4.74 Å². The van der Waals surface area contributed by atoms with E-state index in [1.165, 1.54) is 0 Å². The molecule has 1 saturated heterocycles. The molecule has 20 heavy (non-hydrogen) atoms. The number of aliphatic hydroxyl groups excluding tert-OH is 1. The molecule has 2 rings (SSSR count). The van der Waals surface area contributed by atoms with Gasteiger partial charge in [0, 0.05) is 18.5 Å². The van der Waals surface area contributed by atoms with Gasteiger partial charge in [-0.1, -0.05) is 12.8 Å². The zero-order valence-corrected chi connectivity index (χ0v) is 12.8. The van der Waals surface area contributed by atoms with Crippen LogP contribution in [0.1, 0.15) is 52.9 Å². The molecule has 0 aromatic rings. The Morgan fingerprint density at radius 2 is 1.85 bits per heavy atom. The second kappa shape index (κ2) is 5.19. The SMILES string of the molecule is CC(C)(C)OC(=O)N1CCC(CO)(C2(O)CCCC2)C1. The van der Waals surface area contributed by atoms with E-state index in [1.807, 2.05) is 20.8 Å². The normalized spacial score (nSPS) is 29.8. The van der Waals surface area contributed by atoms with Gasteiger partial charge in [-0.3, -0.25) is 0 Å². The summed E-state index contributed by atoms with van der Waals surface area (Å²) in [5, 5.41) is 20.7. The van der Waals surface area contributed by atoms with Gasteiger partial charge in [0.2, 0.25) is 0 Å². The topological polar surface area (TPSA) is 70.0 Å². The molecule has 1 unspecified atom stereocenters. The molecule has 2 N–H and O–H groups in total. The number of carbonyl (C=O) groups is 1. The molecule has 0 aromatic carbocycles. The lowest BCUT2D eigenvalue weighted by atomic mass is 9.70. The minimum absolute atomic E-state index is 0.0806. The van der Waals surface area contributed by atoms with Crippen LogP contribution in [0.2, 0.25) is 0 Å². The maximum atomic E-state index is 12.1. The van der Waals surface area contributed by atoms with Crippen molar-refractivity contribution in [1.82, 2.24) is 4.90 Å². The third kappa shape index (κ3) is 2.79. The largest absolute Gasteiger partial charge is 0.444 e. The molecule has 1 heterocycles. The van der Waals surface area contributed by atoms with Crippen molar-refractivity contribution in [3.8, 4) is 0 Å². The van der Waals surface area contributed by atoms with Gasteiger partial charge in [-0.25, -0.2) is 4.79 Å². The van der Waals surface area contributed by atoms with Crippen molar-refractivity contribution in [2.75, 3.05) is 19.7 Å². The number of hydrogen-bond donors (Lipinski definition) is 2. The van der Waals surface area contributed by atoms with Crippen LogP contribution in [0, 0.1) is 5.41 Å². The Balaban J connectivity index is 2.07. The maximum Gasteiger partial charge on any atom is 0.410 e. The molecule has 2 fully saturated rings. The first-order valence-electron chi connectivity index (χ1n) is 7.53. The van der Waals surface area contributed by atoms with Gasteiger partial charge in [0.25, 0.3) is 0 Å². The number of rotatable bonds is 2. The van der Waals surface area contributed by atoms with E-state index in [0.717, 1.165) is 25.7 Å². The van der Waals surface area contributed by atoms with E-state index in [0.29, 0.717) is 19.5 Å². The number of carbonyl (C=O) groups excluding carboxylic acids is 1. The van der Waals surface area contributed by atoms with Gasteiger partial charge < -0.3 is 19.8 Å². The molecule has 1 aliphatic heterocycles. The van der Waals surface area contributed by atoms with E-state index < -0.39 is 16.6 Å². The second-order valence-corrected chi connectivity index (χ2v) is 7.33. The molecule has 5 heteroatoms. The summed E-state index contributed by atoms with van der Waals surface area (Å²) in [6.07, 6.45) is 3.70. The fraction of sp³-hybridized carbons (Fsp3) is 0.933. The van der Waals surface area contributed by atoms with E-state index in [9.17, 15) is 15.0 Å². The second-order valence-electron chi connectivity index (χ2n) is 7.33. The standard InChI is InChI=1S/C15H27NO4/c1-13(2,3)20-12(18)16-9-8-14(10-16,11-17)15(19)6-4-5-7-15/h17,19H,4-11H2,1-3H3. The summed E-state index contributed by atoms with van der Waals surface area (Å²) in [6, 6.07) is 0. The van der Waals surface area contributed by atoms with E-state index in [2.05, 4.69) is 0 Å². The summed E-state index contributed by atoms with van der Waals surface area (Å²) in [5.74, 6) is 0. The third-order valence-corrected chi connectivity index (χ3v) is 4.73. The third-order valence-electron chi connectivity index (χ3n) is 4.73. The summed E-state index contributed by atoms with van der Waals surface area (Å²) in [4.78, 5) is 13.7. The van der Waals surface area contributed by atoms with Gasteiger partial charge in [0.05, 0.1) is 12.2 Å². The highest BCUT2D eigenvalue weighted by atomic mass is 16.6. The summed E-state index contributed by atoms with van der Waals surface area (Å²) in [5.41, 5.74) is -1.94. The van der Waals surface area contributed by atoms with Crippen molar-refractivity contribution in [2.24, 2.45) is 5.41 Å². The molecule has 0 aromatic heterocycles. The van der Waals surface area contributed by atoms with E-state index >= 15 is 0 Å². The van der Waals surface area contributed by atoms with Crippen molar-refractivity contribution in [2.45, 2.75) is 64.1 Å². The van der Waals surface area contributed by atoms with Crippen molar-refractivity contribution < 1.29 is 19.7 Å². The first kappa shape index (κ1) is 15.6. The molecule has 2 aliphatic rings. The minimum atomic E-state index is -0.835. The van der Waals surface area contributed by atoms with E-state index in [1.54, 1.807) is 4.90 Å². The van der Waals surface area contributed by atoms with Crippen LogP contribution in [0.15, 0.2) is 0 Å². The minimum Gasteiger partial charge on any atom is -0.444 e. The van der Waals surface area contributed by atoms with Gasteiger partial charge in [0.15, 0.2) is 0 Å². The quantitative estimate of drug-likeness (QED) is 0.813. The first-order chi connectivity index (χ1) is 9.21. The van der Waals surface area contributed by atoms with Crippen molar-refractivity contribution in [3.63, 3.8) is 0 Å². The number of amides is 1. The molecule has 1 amide bonds. The van der Waals surface area contributed by atoms with Gasteiger partial charge in [-0.15, -0.1) is 0 Å². The van der Waals surface area contributed by atoms with Crippen molar-refractivity contribution in [3.05, 3.63) is 0 Å². The fourth-order valence-corrected chi connectivity index (χ4v) is 3.50. The highest BCUT2D eigenvalue weighted by molar-refractivity contribution is 5.68. The Kier molecular flexibility index (Phi) is 4.04. The van der Waals surface area contributed by atoms with Crippen LogP contribution in [0.5, 0.6) is 0 Å². The summed E-state index contributed by atoms with van der Waals surface area (Å²) >= 11 is 0. The Hall–Kier alpha value is -0.810. The maximum absolute atomic E-state index is 12.1. The number of aliphatic hydroxyl groups is 2. The predicted molar refractivity (Wildman–Crippen MR) is 75.4 cm³/mol. The lowest BCUT2D eigenvalue weighted by molar-refractivity contribution is -0.0988. The zero-order valence-electron chi connectivity index (χ0n) is 12.8. The lowest BCUT2D eigenvalue weighted by Crippen LogP contribution is -2.51. The van der Waals surface area contributed by atoms with Gasteiger partial charge in [-0.05, 0) is 40.0 Å². The number of nitrogens with zero attached hydrogens (tertiary/aromatic N) is 1. The van der Waals surface area contributed by atoms with Crippen LogP contribution in [0.3, 0.4) is 0 Å². The van der Waals surface area contributed by atoms with Gasteiger partial charge in [-0.2, -0.15) is 0 Å². The molecule has 1 atom stereocenters. The highest BCUT2D eigenvalue weighted by Crippen LogP contribution is 2.49. The molecule has 5 nitrogen and oxygen atoms in total. The molecule has 0 radical (unpaired) electrons. The Morgan fingerprint density at radius 3 is 2.35 bits per heavy atom. The lowest BCUT2D eigenvalue weighted by Gasteiger charge is -2.41. The van der Waals surface area contributed by atoms with Crippen LogP contribution in [0.4, 0.5) is 4.79 Å². The zero-order chi connectivity index (χ0) is 15.0. The summed E-state index contributed by atoms with van der Waals surface area (Å²) in [7, 11) is 0. The fourth-order valence-electron chi connectivity index (χ4n) is 3.50. The van der Waals surface area contributed by atoms with Crippen LogP contribution < -0.4 is 0 Å². The van der Waals surface area contributed by atoms with Gasteiger partial charge >= 0.3 is 6.09 Å². The first-order valence-corrected chi connectivity index (χ1v) is 7.53. The molecule has 116 valence electrons. The van der Waals surface area contributed by atoms with Crippen molar-refractivity contribution >= 4 is 6.09 Å². The summed E-state index contributed by atoms with van der Waals surface area (Å²) < 4.78 is 5.38. The van der Waals surface area contributed by atoms with E-state index in [-0.39, 0.29) is 12.7 Å². The Morgan fingerprint density at radius 1 is 1.25 bits per heavy atom. The monoisotopic (exact) mass is 285 g/mol. The molecule has 0 bridgehead atoms.